The monoisotopic (exact) mass is 217 g/mol. The van der Waals surface area contributed by atoms with Gasteiger partial charge in [-0.2, -0.15) is 0 Å². The molecule has 0 spiro atoms. The third-order valence-electron chi connectivity index (χ3n) is 2.42. The predicted molar refractivity (Wildman–Crippen MR) is 61.8 cm³/mol. The number of hydrogen-bond acceptors (Lipinski definition) is 2. The van der Waals surface area contributed by atoms with Crippen LogP contribution in [0.4, 0.5) is 0 Å². The molecule has 2 N–H and O–H groups in total. The molecule has 82 valence electrons. The van der Waals surface area contributed by atoms with Gasteiger partial charge in [0.05, 0.1) is 6.04 Å². The van der Waals surface area contributed by atoms with E-state index >= 15 is 0 Å². The highest BCUT2D eigenvalue weighted by molar-refractivity contribution is 5.85. The van der Waals surface area contributed by atoms with Crippen molar-refractivity contribution in [2.75, 3.05) is 0 Å². The molecule has 0 aliphatic heterocycles. The Morgan fingerprint density at radius 2 is 1.79 bits per heavy atom. The van der Waals surface area contributed by atoms with Crippen molar-refractivity contribution in [2.24, 2.45) is 11.1 Å². The lowest BCUT2D eigenvalue weighted by Gasteiger charge is -2.24. The summed E-state index contributed by atoms with van der Waals surface area (Å²) in [4.78, 5) is 0. The van der Waals surface area contributed by atoms with E-state index in [0.29, 0.717) is 0 Å². The molecule has 0 amide bonds. The molecule has 1 heterocycles. The van der Waals surface area contributed by atoms with Crippen LogP contribution in [0.1, 0.15) is 43.9 Å². The molecule has 14 heavy (non-hydrogen) atoms. The summed E-state index contributed by atoms with van der Waals surface area (Å²) in [6, 6.07) is 2.01. The molecule has 1 aromatic rings. The van der Waals surface area contributed by atoms with Crippen LogP contribution in [0.15, 0.2) is 10.5 Å². The summed E-state index contributed by atoms with van der Waals surface area (Å²) in [5, 5.41) is 0. The largest absolute Gasteiger partial charge is 0.464 e. The molecule has 0 aliphatic rings. The zero-order valence-corrected chi connectivity index (χ0v) is 10.4. The van der Waals surface area contributed by atoms with Crippen LogP contribution in [-0.2, 0) is 0 Å². The minimum absolute atomic E-state index is 0. The van der Waals surface area contributed by atoms with Crippen molar-refractivity contribution >= 4 is 12.4 Å². The number of halogens is 1. The van der Waals surface area contributed by atoms with E-state index in [9.17, 15) is 0 Å². The Morgan fingerprint density at radius 3 is 2.07 bits per heavy atom. The Bertz CT molecular complexity index is 279. The minimum Gasteiger partial charge on any atom is -0.464 e. The van der Waals surface area contributed by atoms with Crippen LogP contribution in [-0.4, -0.2) is 0 Å². The highest BCUT2D eigenvalue weighted by Gasteiger charge is 2.25. The number of nitrogens with two attached hydrogens (primary N) is 1. The van der Waals surface area contributed by atoms with E-state index < -0.39 is 0 Å². The smallest absolute Gasteiger partial charge is 0.121 e. The summed E-state index contributed by atoms with van der Waals surface area (Å²) >= 11 is 0. The van der Waals surface area contributed by atoms with E-state index in [1.54, 1.807) is 0 Å². The highest BCUT2D eigenvalue weighted by Crippen LogP contribution is 2.32. The maximum Gasteiger partial charge on any atom is 0.121 e. The average molecular weight is 218 g/mol. The van der Waals surface area contributed by atoms with Crippen molar-refractivity contribution in [1.29, 1.82) is 0 Å². The van der Waals surface area contributed by atoms with Crippen LogP contribution in [0.2, 0.25) is 0 Å². The Balaban J connectivity index is 0.00000169. The van der Waals surface area contributed by atoms with Gasteiger partial charge >= 0.3 is 0 Å². The molecule has 0 fully saturated rings. The minimum atomic E-state index is -0.0279. The molecule has 1 rings (SSSR count). The fraction of sp³-hybridized carbons (Fsp3) is 0.636. The average Bonchev–Trinajstić information content (AvgIpc) is 2.29. The predicted octanol–water partition coefficient (Wildman–Crippen LogP) is 3.36. The third-order valence-corrected chi connectivity index (χ3v) is 2.42. The van der Waals surface area contributed by atoms with Gasteiger partial charge in [0.25, 0.3) is 0 Å². The molecule has 0 bridgehead atoms. The summed E-state index contributed by atoms with van der Waals surface area (Å²) in [6.07, 6.45) is 0. The van der Waals surface area contributed by atoms with Gasteiger partial charge in [-0.25, -0.2) is 0 Å². The van der Waals surface area contributed by atoms with Gasteiger partial charge in [-0.15, -0.1) is 12.4 Å². The lowest BCUT2D eigenvalue weighted by atomic mass is 9.86. The Morgan fingerprint density at radius 1 is 1.29 bits per heavy atom. The molecule has 0 aromatic carbocycles. The van der Waals surface area contributed by atoms with Gasteiger partial charge in [0.2, 0.25) is 0 Å². The second-order valence-corrected chi connectivity index (χ2v) is 4.73. The molecule has 0 saturated carbocycles. The fourth-order valence-corrected chi connectivity index (χ4v) is 1.18. The number of aryl methyl sites for hydroxylation is 2. The Hall–Kier alpha value is -0.470. The van der Waals surface area contributed by atoms with Gasteiger partial charge in [0.1, 0.15) is 11.5 Å². The van der Waals surface area contributed by atoms with Crippen molar-refractivity contribution in [3.63, 3.8) is 0 Å². The second-order valence-electron chi connectivity index (χ2n) is 4.73. The van der Waals surface area contributed by atoms with Crippen LogP contribution in [0.3, 0.4) is 0 Å². The van der Waals surface area contributed by atoms with Crippen LogP contribution < -0.4 is 5.73 Å². The highest BCUT2D eigenvalue weighted by atomic mass is 35.5. The lowest BCUT2D eigenvalue weighted by Crippen LogP contribution is -2.25. The van der Waals surface area contributed by atoms with Gasteiger partial charge in [-0.1, -0.05) is 20.8 Å². The zero-order chi connectivity index (χ0) is 10.2. The summed E-state index contributed by atoms with van der Waals surface area (Å²) in [5.74, 6) is 1.86. The maximum absolute atomic E-state index is 6.06. The van der Waals surface area contributed by atoms with Crippen molar-refractivity contribution in [2.45, 2.75) is 40.7 Å². The molecular formula is C11H20ClNO. The molecular weight excluding hydrogens is 198 g/mol. The van der Waals surface area contributed by atoms with Crippen molar-refractivity contribution in [3.05, 3.63) is 23.2 Å². The first kappa shape index (κ1) is 13.5. The summed E-state index contributed by atoms with van der Waals surface area (Å²) in [5.41, 5.74) is 7.29. The Kier molecular flexibility index (Phi) is 4.22. The maximum atomic E-state index is 6.06. The summed E-state index contributed by atoms with van der Waals surface area (Å²) < 4.78 is 5.58. The molecule has 0 saturated heterocycles. The van der Waals surface area contributed by atoms with Gasteiger partial charge in [-0.3, -0.25) is 0 Å². The lowest BCUT2D eigenvalue weighted by molar-refractivity contribution is 0.282. The van der Waals surface area contributed by atoms with Crippen LogP contribution in [0, 0.1) is 19.3 Å². The van der Waals surface area contributed by atoms with Gasteiger partial charge in [0, 0.05) is 0 Å². The molecule has 0 unspecified atom stereocenters. The van der Waals surface area contributed by atoms with E-state index in [1.807, 2.05) is 19.9 Å². The van der Waals surface area contributed by atoms with Crippen molar-refractivity contribution in [3.8, 4) is 0 Å². The molecule has 0 aliphatic carbocycles. The van der Waals surface area contributed by atoms with E-state index in [2.05, 4.69) is 20.8 Å². The first-order valence-corrected chi connectivity index (χ1v) is 4.65. The van der Waals surface area contributed by atoms with Crippen LogP contribution in [0.5, 0.6) is 0 Å². The second kappa shape index (κ2) is 4.37. The number of hydrogen-bond donors (Lipinski definition) is 1. The fourth-order valence-electron chi connectivity index (χ4n) is 1.18. The van der Waals surface area contributed by atoms with E-state index in [1.165, 1.54) is 5.56 Å². The SMILES string of the molecule is Cc1cc([C@@H](N)C(C)(C)C)oc1C.Cl. The summed E-state index contributed by atoms with van der Waals surface area (Å²) in [6.45, 7) is 10.4. The first-order valence-electron chi connectivity index (χ1n) is 4.65. The van der Waals surface area contributed by atoms with E-state index in [0.717, 1.165) is 11.5 Å². The molecule has 1 aromatic heterocycles. The van der Waals surface area contributed by atoms with Gasteiger partial charge < -0.3 is 10.2 Å². The van der Waals surface area contributed by atoms with Gasteiger partial charge in [-0.05, 0) is 30.9 Å². The standard InChI is InChI=1S/C11H19NO.ClH/c1-7-6-9(13-8(7)2)10(12)11(3,4)5;/h6,10H,12H2,1-5H3;1H/t10-;/m1./s1. The normalized spacial score (nSPS) is 13.6. The number of furan rings is 1. The third kappa shape index (κ3) is 2.76. The van der Waals surface area contributed by atoms with E-state index in [4.69, 9.17) is 10.2 Å². The number of rotatable bonds is 1. The van der Waals surface area contributed by atoms with Gasteiger partial charge in [0.15, 0.2) is 0 Å². The molecule has 2 nitrogen and oxygen atoms in total. The van der Waals surface area contributed by atoms with Crippen LogP contribution in [0.25, 0.3) is 0 Å². The molecule has 1 atom stereocenters. The van der Waals surface area contributed by atoms with Crippen molar-refractivity contribution < 1.29 is 4.42 Å². The van der Waals surface area contributed by atoms with Crippen molar-refractivity contribution in [1.82, 2.24) is 0 Å². The molecule has 3 heteroatoms. The topological polar surface area (TPSA) is 39.2 Å². The summed E-state index contributed by atoms with van der Waals surface area (Å²) in [7, 11) is 0. The van der Waals surface area contributed by atoms with Crippen LogP contribution >= 0.6 is 12.4 Å². The zero-order valence-electron chi connectivity index (χ0n) is 9.55. The Labute approximate surface area is 92.3 Å². The first-order chi connectivity index (χ1) is 5.82. The molecule has 0 radical (unpaired) electrons. The quantitative estimate of drug-likeness (QED) is 0.784. The van der Waals surface area contributed by atoms with E-state index in [-0.39, 0.29) is 23.9 Å².